The molecule has 0 atom stereocenters. The zero-order valence-corrected chi connectivity index (χ0v) is 16.9. The number of oxazole rings is 1. The zero-order valence-electron chi connectivity index (χ0n) is 16.9. The van der Waals surface area contributed by atoms with Crippen molar-refractivity contribution in [2.24, 2.45) is 0 Å². The lowest BCUT2D eigenvalue weighted by Crippen LogP contribution is -2.17. The van der Waals surface area contributed by atoms with E-state index in [0.717, 1.165) is 0 Å². The minimum absolute atomic E-state index is 0.119. The zero-order chi connectivity index (χ0) is 22.1. The highest BCUT2D eigenvalue weighted by Crippen LogP contribution is 2.23. The van der Waals surface area contributed by atoms with Gasteiger partial charge in [0, 0.05) is 31.3 Å². The van der Waals surface area contributed by atoms with E-state index < -0.39 is 11.9 Å². The summed E-state index contributed by atoms with van der Waals surface area (Å²) < 4.78 is 29.1. The predicted octanol–water partition coefficient (Wildman–Crippen LogP) is 4.25. The van der Waals surface area contributed by atoms with E-state index in [1.54, 1.807) is 42.5 Å². The lowest BCUT2D eigenvalue weighted by Gasteiger charge is -2.09. The number of carbonyl (C=O) groups is 2. The Kier molecular flexibility index (Phi) is 7.72. The quantitative estimate of drug-likeness (QED) is 0.495. The first-order valence-electron chi connectivity index (χ1n) is 9.57. The molecule has 0 fully saturated rings. The molecule has 0 aliphatic carbocycles. The summed E-state index contributed by atoms with van der Waals surface area (Å²) in [4.78, 5) is 28.1. The first-order chi connectivity index (χ1) is 15.0. The highest BCUT2D eigenvalue weighted by molar-refractivity contribution is 5.92. The third-order valence-corrected chi connectivity index (χ3v) is 4.17. The molecule has 0 saturated carbocycles. The fraction of sp³-hybridized carbons (Fsp3) is 0.227. The predicted molar refractivity (Wildman–Crippen MR) is 112 cm³/mol. The molecule has 3 rings (SSSR count). The average Bonchev–Trinajstić information content (AvgIpc) is 3.22. The average molecular weight is 427 g/mol. The lowest BCUT2D eigenvalue weighted by atomic mass is 10.2. The number of aromatic nitrogens is 1. The van der Waals surface area contributed by atoms with E-state index in [4.69, 9.17) is 13.9 Å². The number of nitrogens with one attached hydrogen (secondary N) is 2. The van der Waals surface area contributed by atoms with Gasteiger partial charge in [-0.25, -0.2) is 14.2 Å². The third kappa shape index (κ3) is 6.65. The Bertz CT molecular complexity index is 1040. The lowest BCUT2D eigenvalue weighted by molar-refractivity contribution is -0.116. The second-order valence-corrected chi connectivity index (χ2v) is 6.48. The first-order valence-corrected chi connectivity index (χ1v) is 9.57. The summed E-state index contributed by atoms with van der Waals surface area (Å²) in [5.41, 5.74) is 1.30. The highest BCUT2D eigenvalue weighted by atomic mass is 19.1. The third-order valence-electron chi connectivity index (χ3n) is 4.17. The van der Waals surface area contributed by atoms with Gasteiger partial charge in [0.25, 0.3) is 0 Å². The number of methoxy groups -OCH3 is 1. The van der Waals surface area contributed by atoms with E-state index in [-0.39, 0.29) is 25.4 Å². The molecule has 31 heavy (non-hydrogen) atoms. The molecule has 0 saturated heterocycles. The van der Waals surface area contributed by atoms with Crippen LogP contribution in [0.5, 0.6) is 0 Å². The van der Waals surface area contributed by atoms with Crippen molar-refractivity contribution >= 4 is 23.4 Å². The van der Waals surface area contributed by atoms with Crippen molar-refractivity contribution in [2.45, 2.75) is 12.8 Å². The van der Waals surface area contributed by atoms with Gasteiger partial charge in [0.2, 0.25) is 5.91 Å². The van der Waals surface area contributed by atoms with Crippen LogP contribution >= 0.6 is 0 Å². The van der Waals surface area contributed by atoms with E-state index in [0.29, 0.717) is 35.2 Å². The molecule has 0 bridgehead atoms. The molecule has 2 aromatic carbocycles. The molecule has 0 radical (unpaired) electrons. The van der Waals surface area contributed by atoms with Crippen molar-refractivity contribution < 1.29 is 27.9 Å². The van der Waals surface area contributed by atoms with Crippen molar-refractivity contribution in [1.82, 2.24) is 4.98 Å². The van der Waals surface area contributed by atoms with Gasteiger partial charge in [-0.3, -0.25) is 10.1 Å². The van der Waals surface area contributed by atoms with Gasteiger partial charge in [0.15, 0.2) is 11.7 Å². The molecule has 3 aromatic rings. The molecule has 0 aliphatic rings. The molecular weight excluding hydrogens is 405 g/mol. The van der Waals surface area contributed by atoms with Crippen LogP contribution in [0.25, 0.3) is 11.3 Å². The number of hydrogen-bond donors (Lipinski definition) is 2. The van der Waals surface area contributed by atoms with Crippen LogP contribution in [0.1, 0.15) is 12.3 Å². The first kappa shape index (κ1) is 22.0. The maximum absolute atomic E-state index is 13.8. The summed E-state index contributed by atoms with van der Waals surface area (Å²) in [7, 11) is 1.51. The van der Waals surface area contributed by atoms with E-state index >= 15 is 0 Å². The van der Waals surface area contributed by atoms with Crippen LogP contribution in [0.15, 0.2) is 59.1 Å². The normalized spacial score (nSPS) is 10.5. The summed E-state index contributed by atoms with van der Waals surface area (Å²) in [6.07, 6.45) is 1.19. The fourth-order valence-corrected chi connectivity index (χ4v) is 2.70. The Morgan fingerprint density at radius 2 is 1.84 bits per heavy atom. The van der Waals surface area contributed by atoms with Gasteiger partial charge in [-0.1, -0.05) is 18.2 Å². The van der Waals surface area contributed by atoms with Crippen molar-refractivity contribution in [1.29, 1.82) is 0 Å². The molecule has 8 nitrogen and oxygen atoms in total. The molecule has 1 aromatic heterocycles. The van der Waals surface area contributed by atoms with Gasteiger partial charge in [-0.15, -0.1) is 0 Å². The van der Waals surface area contributed by atoms with Gasteiger partial charge < -0.3 is 19.2 Å². The number of anilines is 2. The number of amides is 2. The number of ether oxygens (including phenoxy) is 2. The molecule has 2 N–H and O–H groups in total. The number of rotatable bonds is 9. The SMILES string of the molecule is COCCOC(=O)Nc1cccc(NC(=O)CCc2ncc(-c3ccccc3F)o2)c1. The van der Waals surface area contributed by atoms with Crippen molar-refractivity contribution in [3.05, 3.63) is 66.4 Å². The van der Waals surface area contributed by atoms with Crippen LogP contribution in [0.2, 0.25) is 0 Å². The maximum Gasteiger partial charge on any atom is 0.411 e. The highest BCUT2D eigenvalue weighted by Gasteiger charge is 2.12. The fourth-order valence-electron chi connectivity index (χ4n) is 2.70. The second kappa shape index (κ2) is 10.9. The molecule has 162 valence electrons. The molecular formula is C22H22FN3O5. The van der Waals surface area contributed by atoms with Gasteiger partial charge in [-0.2, -0.15) is 0 Å². The number of aryl methyl sites for hydroxylation is 1. The van der Waals surface area contributed by atoms with E-state index in [9.17, 15) is 14.0 Å². The number of nitrogens with zero attached hydrogens (tertiary/aromatic N) is 1. The minimum Gasteiger partial charge on any atom is -0.447 e. The standard InChI is InChI=1S/C22H22FN3O5/c1-29-11-12-30-22(28)26-16-6-4-5-15(13-16)25-20(27)9-10-21-24-14-19(31-21)17-7-2-3-8-18(17)23/h2-8,13-14H,9-12H2,1H3,(H,25,27)(H,26,28). The molecule has 0 spiro atoms. The van der Waals surface area contributed by atoms with Crippen molar-refractivity contribution in [3.63, 3.8) is 0 Å². The Morgan fingerprint density at radius 3 is 2.61 bits per heavy atom. The Morgan fingerprint density at radius 1 is 1.06 bits per heavy atom. The number of benzene rings is 2. The monoisotopic (exact) mass is 427 g/mol. The van der Waals surface area contributed by atoms with Crippen molar-refractivity contribution in [3.8, 4) is 11.3 Å². The maximum atomic E-state index is 13.8. The molecule has 2 amide bonds. The van der Waals surface area contributed by atoms with Crippen LogP contribution in [-0.4, -0.2) is 37.3 Å². The van der Waals surface area contributed by atoms with Crippen molar-refractivity contribution in [2.75, 3.05) is 31.0 Å². The van der Waals surface area contributed by atoms with Crippen LogP contribution in [0.3, 0.4) is 0 Å². The number of carbonyl (C=O) groups excluding carboxylic acids is 2. The molecule has 9 heteroatoms. The largest absolute Gasteiger partial charge is 0.447 e. The molecule has 0 aliphatic heterocycles. The summed E-state index contributed by atoms with van der Waals surface area (Å²) in [6.45, 7) is 0.439. The second-order valence-electron chi connectivity index (χ2n) is 6.48. The summed E-state index contributed by atoms with van der Waals surface area (Å²) >= 11 is 0. The van der Waals surface area contributed by atoms with Crippen LogP contribution in [-0.2, 0) is 20.7 Å². The summed E-state index contributed by atoms with van der Waals surface area (Å²) in [6, 6.07) is 12.9. The van der Waals surface area contributed by atoms with Crippen LogP contribution in [0, 0.1) is 5.82 Å². The minimum atomic E-state index is -0.616. The van der Waals surface area contributed by atoms with Gasteiger partial charge in [0.1, 0.15) is 12.4 Å². The summed E-state index contributed by atoms with van der Waals surface area (Å²) in [5.74, 6) is -0.0169. The van der Waals surface area contributed by atoms with E-state index in [1.807, 2.05) is 0 Å². The van der Waals surface area contributed by atoms with Gasteiger partial charge in [-0.05, 0) is 30.3 Å². The van der Waals surface area contributed by atoms with Gasteiger partial charge >= 0.3 is 6.09 Å². The molecule has 1 heterocycles. The molecule has 0 unspecified atom stereocenters. The van der Waals surface area contributed by atoms with E-state index in [2.05, 4.69) is 15.6 Å². The number of halogens is 1. The topological polar surface area (TPSA) is 103 Å². The smallest absolute Gasteiger partial charge is 0.411 e. The Labute approximate surface area is 178 Å². The summed E-state index contributed by atoms with van der Waals surface area (Å²) in [5, 5.41) is 5.32. The van der Waals surface area contributed by atoms with Crippen LogP contribution < -0.4 is 10.6 Å². The Hall–Kier alpha value is -3.72. The Balaban J connectivity index is 1.50. The number of hydrogen-bond acceptors (Lipinski definition) is 6. The van der Waals surface area contributed by atoms with Gasteiger partial charge in [0.05, 0.1) is 18.4 Å². The van der Waals surface area contributed by atoms with Crippen LogP contribution in [0.4, 0.5) is 20.6 Å². The van der Waals surface area contributed by atoms with E-state index in [1.165, 1.54) is 19.4 Å².